The third kappa shape index (κ3) is 4.22. The maximum absolute atomic E-state index is 12.6. The third-order valence-electron chi connectivity index (χ3n) is 3.57. The van der Waals surface area contributed by atoms with Crippen LogP contribution < -0.4 is 5.32 Å². The van der Waals surface area contributed by atoms with E-state index < -0.39 is 0 Å². The van der Waals surface area contributed by atoms with Gasteiger partial charge in [-0.25, -0.2) is 0 Å². The molecule has 2 rings (SSSR count). The Morgan fingerprint density at radius 2 is 2.30 bits per heavy atom. The Hall–Kier alpha value is -1.06. The lowest BCUT2D eigenvalue weighted by Gasteiger charge is -2.27. The molecule has 1 saturated heterocycles. The molecule has 1 unspecified atom stereocenters. The number of benzene rings is 1. The van der Waals surface area contributed by atoms with Gasteiger partial charge >= 0.3 is 0 Å². The molecule has 0 aromatic heterocycles. The van der Waals surface area contributed by atoms with Crippen LogP contribution >= 0.6 is 11.6 Å². The Labute approximate surface area is 126 Å². The van der Waals surface area contributed by atoms with Gasteiger partial charge in [0, 0.05) is 24.7 Å². The second-order valence-electron chi connectivity index (χ2n) is 5.93. The zero-order valence-electron chi connectivity index (χ0n) is 12.2. The predicted molar refractivity (Wildman–Crippen MR) is 82.7 cm³/mol. The van der Waals surface area contributed by atoms with E-state index >= 15 is 0 Å². The summed E-state index contributed by atoms with van der Waals surface area (Å²) >= 11 is 6.03. The Morgan fingerprint density at radius 1 is 1.50 bits per heavy atom. The molecule has 1 atom stereocenters. The number of amides is 1. The number of rotatable bonds is 5. The number of halogens is 1. The summed E-state index contributed by atoms with van der Waals surface area (Å²) in [6.45, 7) is 7.48. The van der Waals surface area contributed by atoms with Gasteiger partial charge in [0.05, 0.1) is 5.92 Å². The molecule has 0 saturated carbocycles. The Bertz CT molecular complexity index is 456. The number of carbonyl (C=O) groups excluding carboxylic acids is 1. The van der Waals surface area contributed by atoms with E-state index in [9.17, 15) is 4.79 Å². The minimum absolute atomic E-state index is 0.132. The second-order valence-corrected chi connectivity index (χ2v) is 6.37. The lowest BCUT2D eigenvalue weighted by atomic mass is 10.1. The van der Waals surface area contributed by atoms with Gasteiger partial charge in [0.1, 0.15) is 0 Å². The van der Waals surface area contributed by atoms with Gasteiger partial charge < -0.3 is 10.2 Å². The molecule has 0 radical (unpaired) electrons. The number of nitrogens with zero attached hydrogens (tertiary/aromatic N) is 1. The molecule has 1 fully saturated rings. The molecule has 1 aliphatic heterocycles. The first-order chi connectivity index (χ1) is 9.56. The fourth-order valence-electron chi connectivity index (χ4n) is 2.65. The van der Waals surface area contributed by atoms with Gasteiger partial charge in [0.25, 0.3) is 0 Å². The molecular formula is C16H23ClN2O. The second kappa shape index (κ2) is 7.09. The molecule has 1 amide bonds. The fourth-order valence-corrected chi connectivity index (χ4v) is 2.87. The van der Waals surface area contributed by atoms with E-state index in [2.05, 4.69) is 19.2 Å². The lowest BCUT2D eigenvalue weighted by Crippen LogP contribution is -2.38. The average Bonchev–Trinajstić information content (AvgIpc) is 2.90. The maximum Gasteiger partial charge on any atom is 0.227 e. The first-order valence-corrected chi connectivity index (χ1v) is 7.68. The summed E-state index contributed by atoms with van der Waals surface area (Å²) in [6, 6.07) is 7.77. The number of hydrogen-bond acceptors (Lipinski definition) is 2. The van der Waals surface area contributed by atoms with Crippen molar-refractivity contribution in [1.82, 2.24) is 10.2 Å². The molecule has 20 heavy (non-hydrogen) atoms. The minimum Gasteiger partial charge on any atom is -0.338 e. The van der Waals surface area contributed by atoms with Crippen LogP contribution in [0.5, 0.6) is 0 Å². The average molecular weight is 295 g/mol. The predicted octanol–water partition coefficient (Wildman–Crippen LogP) is 2.93. The molecule has 4 heteroatoms. The smallest absolute Gasteiger partial charge is 0.227 e. The number of nitrogens with one attached hydrogen (secondary N) is 1. The van der Waals surface area contributed by atoms with Crippen LogP contribution in [0, 0.1) is 11.8 Å². The van der Waals surface area contributed by atoms with E-state index in [-0.39, 0.29) is 11.8 Å². The van der Waals surface area contributed by atoms with Crippen LogP contribution in [0.4, 0.5) is 0 Å². The minimum atomic E-state index is 0.132. The molecule has 1 aromatic carbocycles. The van der Waals surface area contributed by atoms with Gasteiger partial charge in [-0.2, -0.15) is 0 Å². The Balaban J connectivity index is 2.08. The van der Waals surface area contributed by atoms with Crippen molar-refractivity contribution >= 4 is 17.5 Å². The van der Waals surface area contributed by atoms with Crippen molar-refractivity contribution in [2.75, 3.05) is 19.6 Å². The Morgan fingerprint density at radius 3 is 2.90 bits per heavy atom. The van der Waals surface area contributed by atoms with Crippen LogP contribution in [0.15, 0.2) is 24.3 Å². The van der Waals surface area contributed by atoms with Crippen molar-refractivity contribution in [3.63, 3.8) is 0 Å². The molecule has 0 bridgehead atoms. The molecule has 1 aliphatic rings. The zero-order valence-corrected chi connectivity index (χ0v) is 13.0. The van der Waals surface area contributed by atoms with E-state index in [0.29, 0.717) is 12.5 Å². The van der Waals surface area contributed by atoms with E-state index in [4.69, 9.17) is 11.6 Å². The van der Waals surface area contributed by atoms with Crippen molar-refractivity contribution in [1.29, 1.82) is 0 Å². The summed E-state index contributed by atoms with van der Waals surface area (Å²) in [6.07, 6.45) is 0.947. The molecular weight excluding hydrogens is 272 g/mol. The third-order valence-corrected chi connectivity index (χ3v) is 3.80. The van der Waals surface area contributed by atoms with Crippen LogP contribution in [0.1, 0.15) is 25.8 Å². The van der Waals surface area contributed by atoms with E-state index in [1.54, 1.807) is 0 Å². The van der Waals surface area contributed by atoms with Crippen molar-refractivity contribution in [3.8, 4) is 0 Å². The first kappa shape index (κ1) is 15.3. The zero-order chi connectivity index (χ0) is 14.5. The van der Waals surface area contributed by atoms with Crippen LogP contribution in [-0.4, -0.2) is 30.4 Å². The highest BCUT2D eigenvalue weighted by atomic mass is 35.5. The van der Waals surface area contributed by atoms with Crippen LogP contribution in [0.3, 0.4) is 0 Å². The fraction of sp³-hybridized carbons (Fsp3) is 0.562. The standard InChI is InChI=1S/C16H23ClN2O/c1-12(2)10-19(16(20)14-6-7-18-9-14)11-13-4-3-5-15(17)8-13/h3-5,8,12,14,18H,6-7,9-11H2,1-2H3. The van der Waals surface area contributed by atoms with Crippen LogP contribution in [0.2, 0.25) is 5.02 Å². The van der Waals surface area contributed by atoms with Crippen LogP contribution in [-0.2, 0) is 11.3 Å². The van der Waals surface area contributed by atoms with Gasteiger partial charge in [-0.05, 0) is 36.6 Å². The molecule has 0 spiro atoms. The SMILES string of the molecule is CC(C)CN(Cc1cccc(Cl)c1)C(=O)C1CCNC1. The van der Waals surface area contributed by atoms with Gasteiger partial charge in [-0.15, -0.1) is 0 Å². The molecule has 3 nitrogen and oxygen atoms in total. The van der Waals surface area contributed by atoms with Gasteiger partial charge in [-0.3, -0.25) is 4.79 Å². The van der Waals surface area contributed by atoms with Crippen molar-refractivity contribution in [2.24, 2.45) is 11.8 Å². The molecule has 1 N–H and O–H groups in total. The highest BCUT2D eigenvalue weighted by Crippen LogP contribution is 2.18. The van der Waals surface area contributed by atoms with Gasteiger partial charge in [-0.1, -0.05) is 37.6 Å². The van der Waals surface area contributed by atoms with E-state index in [1.165, 1.54) is 0 Å². The van der Waals surface area contributed by atoms with Gasteiger partial charge in [0.15, 0.2) is 0 Å². The quantitative estimate of drug-likeness (QED) is 0.905. The molecule has 1 aromatic rings. The first-order valence-electron chi connectivity index (χ1n) is 7.30. The summed E-state index contributed by atoms with van der Waals surface area (Å²) in [4.78, 5) is 14.6. The maximum atomic E-state index is 12.6. The summed E-state index contributed by atoms with van der Waals surface area (Å²) < 4.78 is 0. The summed E-state index contributed by atoms with van der Waals surface area (Å²) in [7, 11) is 0. The van der Waals surface area contributed by atoms with Crippen molar-refractivity contribution in [3.05, 3.63) is 34.9 Å². The summed E-state index contributed by atoms with van der Waals surface area (Å²) in [5.74, 6) is 0.865. The van der Waals surface area contributed by atoms with E-state index in [0.717, 1.165) is 36.6 Å². The largest absolute Gasteiger partial charge is 0.338 e. The lowest BCUT2D eigenvalue weighted by molar-refractivity contribution is -0.136. The van der Waals surface area contributed by atoms with Gasteiger partial charge in [0.2, 0.25) is 5.91 Å². The van der Waals surface area contributed by atoms with E-state index in [1.807, 2.05) is 29.2 Å². The van der Waals surface area contributed by atoms with Crippen molar-refractivity contribution in [2.45, 2.75) is 26.8 Å². The highest BCUT2D eigenvalue weighted by Gasteiger charge is 2.27. The molecule has 0 aliphatic carbocycles. The highest BCUT2D eigenvalue weighted by molar-refractivity contribution is 6.30. The van der Waals surface area contributed by atoms with Crippen molar-refractivity contribution < 1.29 is 4.79 Å². The summed E-state index contributed by atoms with van der Waals surface area (Å²) in [5, 5.41) is 3.99. The van der Waals surface area contributed by atoms with Crippen LogP contribution in [0.25, 0.3) is 0 Å². The molecule has 1 heterocycles. The topological polar surface area (TPSA) is 32.3 Å². The number of carbonyl (C=O) groups is 1. The normalized spacial score (nSPS) is 18.5. The summed E-state index contributed by atoms with van der Waals surface area (Å²) in [5.41, 5.74) is 1.09. The number of hydrogen-bond donors (Lipinski definition) is 1. The molecule has 110 valence electrons. The Kier molecular flexibility index (Phi) is 5.44. The monoisotopic (exact) mass is 294 g/mol.